The van der Waals surface area contributed by atoms with Crippen molar-refractivity contribution in [3.8, 4) is 0 Å². The van der Waals surface area contributed by atoms with Crippen molar-refractivity contribution in [3.05, 3.63) is 23.0 Å². The summed E-state index contributed by atoms with van der Waals surface area (Å²) in [5.74, 6) is 0.878. The highest BCUT2D eigenvalue weighted by molar-refractivity contribution is 5.34. The van der Waals surface area contributed by atoms with Crippen molar-refractivity contribution in [2.24, 2.45) is 11.3 Å². The lowest BCUT2D eigenvalue weighted by atomic mass is 9.75. The number of rotatable bonds is 1. The molecule has 0 aromatic carbocycles. The summed E-state index contributed by atoms with van der Waals surface area (Å²) in [5, 5.41) is 10.5. The molecule has 0 radical (unpaired) electrons. The lowest BCUT2D eigenvalue weighted by molar-refractivity contribution is 0.0972. The third-order valence-corrected chi connectivity index (χ3v) is 5.71. The van der Waals surface area contributed by atoms with Gasteiger partial charge in [-0.05, 0) is 56.4 Å². The molecule has 3 atom stereocenters. The molecule has 118 valence electrons. The fraction of sp³-hybridized carbons (Fsp3) is 0.789. The second-order valence-corrected chi connectivity index (χ2v) is 8.39. The van der Waals surface area contributed by atoms with E-state index < -0.39 is 0 Å². The summed E-state index contributed by atoms with van der Waals surface area (Å²) >= 11 is 0. The summed E-state index contributed by atoms with van der Waals surface area (Å²) in [5.41, 5.74) is 4.21. The third-order valence-electron chi connectivity index (χ3n) is 5.71. The largest absolute Gasteiger partial charge is 0.388 e. The van der Waals surface area contributed by atoms with Crippen LogP contribution in [-0.4, -0.2) is 9.67 Å². The highest BCUT2D eigenvalue weighted by atomic mass is 16.3. The van der Waals surface area contributed by atoms with Gasteiger partial charge in [0.1, 0.15) is 0 Å². The Morgan fingerprint density at radius 2 is 1.95 bits per heavy atom. The van der Waals surface area contributed by atoms with Crippen LogP contribution in [0.5, 0.6) is 0 Å². The molecule has 3 rings (SSSR count). The Bertz CT molecular complexity index is 514. The van der Waals surface area contributed by atoms with E-state index in [1.807, 2.05) is 0 Å². The van der Waals surface area contributed by atoms with Gasteiger partial charge in [-0.1, -0.05) is 33.6 Å². The Morgan fingerprint density at radius 3 is 2.71 bits per heavy atom. The summed E-state index contributed by atoms with van der Waals surface area (Å²) in [6.45, 7) is 9.21. The van der Waals surface area contributed by atoms with Gasteiger partial charge in [-0.15, -0.1) is 0 Å². The van der Waals surface area contributed by atoms with Crippen molar-refractivity contribution in [2.75, 3.05) is 0 Å². The molecule has 1 N–H and O–H groups in total. The van der Waals surface area contributed by atoms with Crippen LogP contribution in [0.1, 0.15) is 88.4 Å². The lowest BCUT2D eigenvalue weighted by Crippen LogP contribution is -2.28. The summed E-state index contributed by atoms with van der Waals surface area (Å²) in [7, 11) is 0. The second-order valence-electron chi connectivity index (χ2n) is 8.39. The van der Waals surface area contributed by atoms with Gasteiger partial charge in [-0.2, -0.15) is 0 Å². The van der Waals surface area contributed by atoms with Crippen LogP contribution in [0.15, 0.2) is 6.07 Å². The first-order chi connectivity index (χ1) is 9.87. The van der Waals surface area contributed by atoms with Gasteiger partial charge in [0.05, 0.1) is 6.10 Å². The number of aromatic nitrogens is 1. The minimum Gasteiger partial charge on any atom is -0.388 e. The zero-order valence-corrected chi connectivity index (χ0v) is 14.2. The molecule has 0 bridgehead atoms. The van der Waals surface area contributed by atoms with Gasteiger partial charge in [0, 0.05) is 23.0 Å². The van der Waals surface area contributed by atoms with E-state index in [1.165, 1.54) is 49.1 Å². The summed E-state index contributed by atoms with van der Waals surface area (Å²) in [6.07, 6.45) is 8.43. The van der Waals surface area contributed by atoms with E-state index in [0.717, 1.165) is 18.8 Å². The van der Waals surface area contributed by atoms with E-state index in [4.69, 9.17) is 0 Å². The predicted molar refractivity (Wildman–Crippen MR) is 87.5 cm³/mol. The second kappa shape index (κ2) is 5.46. The monoisotopic (exact) mass is 289 g/mol. The zero-order valence-electron chi connectivity index (χ0n) is 14.2. The van der Waals surface area contributed by atoms with Gasteiger partial charge < -0.3 is 9.67 Å². The molecule has 2 aliphatic rings. The van der Waals surface area contributed by atoms with Crippen LogP contribution in [0.25, 0.3) is 0 Å². The molecule has 1 saturated carbocycles. The Labute approximate surface area is 129 Å². The van der Waals surface area contributed by atoms with Crippen molar-refractivity contribution >= 4 is 0 Å². The summed E-state index contributed by atoms with van der Waals surface area (Å²) in [4.78, 5) is 0. The van der Waals surface area contributed by atoms with Gasteiger partial charge in [-0.25, -0.2) is 0 Å². The first kappa shape index (κ1) is 15.1. The van der Waals surface area contributed by atoms with Crippen molar-refractivity contribution in [1.29, 1.82) is 0 Å². The molecule has 2 aliphatic carbocycles. The molecule has 1 fully saturated rings. The zero-order chi connectivity index (χ0) is 15.2. The van der Waals surface area contributed by atoms with Gasteiger partial charge in [0.15, 0.2) is 0 Å². The van der Waals surface area contributed by atoms with E-state index in [2.05, 4.69) is 38.3 Å². The first-order valence-corrected chi connectivity index (χ1v) is 8.76. The van der Waals surface area contributed by atoms with Gasteiger partial charge in [0.25, 0.3) is 0 Å². The summed E-state index contributed by atoms with van der Waals surface area (Å²) < 4.78 is 2.59. The Hall–Kier alpha value is -0.760. The molecule has 0 aliphatic heterocycles. The number of aliphatic hydroxyl groups is 1. The van der Waals surface area contributed by atoms with Crippen LogP contribution in [0, 0.1) is 18.3 Å². The molecule has 2 nitrogen and oxygen atoms in total. The average Bonchev–Trinajstić information content (AvgIpc) is 2.55. The maximum absolute atomic E-state index is 10.5. The fourth-order valence-corrected chi connectivity index (χ4v) is 4.60. The molecule has 1 aromatic heterocycles. The predicted octanol–water partition coefficient (Wildman–Crippen LogP) is 4.94. The number of hydrogen-bond acceptors (Lipinski definition) is 1. The molecule has 0 saturated heterocycles. The minimum atomic E-state index is -0.270. The van der Waals surface area contributed by atoms with Crippen molar-refractivity contribution in [1.82, 2.24) is 4.57 Å². The van der Waals surface area contributed by atoms with Crippen molar-refractivity contribution in [3.63, 3.8) is 0 Å². The SMILES string of the molecule is Cc1cc2c(n1C1CCCC(C)CC1)CC(C)(C)CC2O. The Balaban J connectivity index is 1.96. The first-order valence-electron chi connectivity index (χ1n) is 8.76. The molecular formula is C19H31NO. The molecule has 21 heavy (non-hydrogen) atoms. The van der Waals surface area contributed by atoms with E-state index in [0.29, 0.717) is 6.04 Å². The van der Waals surface area contributed by atoms with Crippen molar-refractivity contribution < 1.29 is 5.11 Å². The van der Waals surface area contributed by atoms with E-state index in [9.17, 15) is 5.11 Å². The molecule has 3 unspecified atom stereocenters. The number of aliphatic hydroxyl groups excluding tert-OH is 1. The van der Waals surface area contributed by atoms with Gasteiger partial charge >= 0.3 is 0 Å². The summed E-state index contributed by atoms with van der Waals surface area (Å²) in [6, 6.07) is 2.91. The number of fused-ring (bicyclic) bond motifs is 1. The normalized spacial score (nSPS) is 32.5. The van der Waals surface area contributed by atoms with Crippen LogP contribution in [0.2, 0.25) is 0 Å². The molecular weight excluding hydrogens is 258 g/mol. The van der Waals surface area contributed by atoms with Gasteiger partial charge in [-0.3, -0.25) is 0 Å². The van der Waals surface area contributed by atoms with Gasteiger partial charge in [0.2, 0.25) is 0 Å². The lowest BCUT2D eigenvalue weighted by Gasteiger charge is -2.35. The van der Waals surface area contributed by atoms with Crippen LogP contribution in [-0.2, 0) is 6.42 Å². The quantitative estimate of drug-likeness (QED) is 0.728. The molecule has 2 heteroatoms. The number of aryl methyl sites for hydroxylation is 1. The minimum absolute atomic E-state index is 0.215. The van der Waals surface area contributed by atoms with Crippen LogP contribution < -0.4 is 0 Å². The maximum atomic E-state index is 10.5. The van der Waals surface area contributed by atoms with Crippen LogP contribution >= 0.6 is 0 Å². The Morgan fingerprint density at radius 1 is 1.19 bits per heavy atom. The third kappa shape index (κ3) is 2.92. The Kier molecular flexibility index (Phi) is 3.94. The smallest absolute Gasteiger partial charge is 0.0812 e. The fourth-order valence-electron chi connectivity index (χ4n) is 4.60. The maximum Gasteiger partial charge on any atom is 0.0812 e. The molecule has 0 spiro atoms. The average molecular weight is 289 g/mol. The van der Waals surface area contributed by atoms with E-state index in [1.54, 1.807) is 0 Å². The topological polar surface area (TPSA) is 25.2 Å². The molecule has 0 amide bonds. The number of hydrogen-bond donors (Lipinski definition) is 1. The molecule has 1 heterocycles. The van der Waals surface area contributed by atoms with E-state index >= 15 is 0 Å². The molecule has 1 aromatic rings. The standard InChI is InChI=1S/C19H31NO/c1-13-6-5-7-15(9-8-13)20-14(2)10-16-17(20)11-19(3,4)12-18(16)21/h10,13,15,18,21H,5-9,11-12H2,1-4H3. The van der Waals surface area contributed by atoms with Crippen molar-refractivity contribution in [2.45, 2.75) is 84.8 Å². The van der Waals surface area contributed by atoms with Crippen LogP contribution in [0.3, 0.4) is 0 Å². The number of nitrogens with zero attached hydrogens (tertiary/aromatic N) is 1. The van der Waals surface area contributed by atoms with E-state index in [-0.39, 0.29) is 11.5 Å². The highest BCUT2D eigenvalue weighted by Gasteiger charge is 2.35. The van der Waals surface area contributed by atoms with Crippen LogP contribution in [0.4, 0.5) is 0 Å². The highest BCUT2D eigenvalue weighted by Crippen LogP contribution is 2.44.